The molecule has 1 atom stereocenters. The first-order valence-corrected chi connectivity index (χ1v) is 10.4. The highest BCUT2D eigenvalue weighted by molar-refractivity contribution is 5.84. The molecule has 8 heteroatoms. The van der Waals surface area contributed by atoms with E-state index in [-0.39, 0.29) is 5.91 Å². The standard InChI is InChI=1S/C23H30N4O4/c1-23(2,3)20(31-22(24)29)21(28)27-13-11-26(12-14-27)19-10-9-18(15-25-19)30-16-17-7-5-4-6-8-17/h4-10,15,20H,11-14,16H2,1-3H3,(H2,24,29). The molecule has 0 saturated carbocycles. The van der Waals surface area contributed by atoms with Crippen molar-refractivity contribution >= 4 is 17.8 Å². The minimum atomic E-state index is -0.939. The summed E-state index contributed by atoms with van der Waals surface area (Å²) >= 11 is 0. The lowest BCUT2D eigenvalue weighted by atomic mass is 9.88. The lowest BCUT2D eigenvalue weighted by Gasteiger charge is -2.39. The first-order valence-electron chi connectivity index (χ1n) is 10.4. The molecular weight excluding hydrogens is 396 g/mol. The van der Waals surface area contributed by atoms with E-state index >= 15 is 0 Å². The van der Waals surface area contributed by atoms with Crippen molar-refractivity contribution in [3.63, 3.8) is 0 Å². The number of carbonyl (C=O) groups is 2. The van der Waals surface area contributed by atoms with E-state index in [0.29, 0.717) is 38.5 Å². The molecule has 166 valence electrons. The summed E-state index contributed by atoms with van der Waals surface area (Å²) in [5, 5.41) is 0. The number of ether oxygens (including phenoxy) is 2. The maximum atomic E-state index is 12.9. The van der Waals surface area contributed by atoms with Crippen LogP contribution in [0.4, 0.5) is 10.6 Å². The van der Waals surface area contributed by atoms with E-state index in [1.165, 1.54) is 0 Å². The van der Waals surface area contributed by atoms with Gasteiger partial charge in [-0.2, -0.15) is 0 Å². The predicted molar refractivity (Wildman–Crippen MR) is 118 cm³/mol. The van der Waals surface area contributed by atoms with Crippen molar-refractivity contribution in [2.45, 2.75) is 33.5 Å². The molecule has 31 heavy (non-hydrogen) atoms. The molecule has 2 aromatic rings. The lowest BCUT2D eigenvalue weighted by molar-refractivity contribution is -0.146. The Morgan fingerprint density at radius 1 is 1.06 bits per heavy atom. The summed E-state index contributed by atoms with van der Waals surface area (Å²) in [7, 11) is 0. The van der Waals surface area contributed by atoms with Crippen molar-refractivity contribution in [2.75, 3.05) is 31.1 Å². The molecule has 0 aliphatic carbocycles. The monoisotopic (exact) mass is 426 g/mol. The van der Waals surface area contributed by atoms with Crippen molar-refractivity contribution in [1.82, 2.24) is 9.88 Å². The van der Waals surface area contributed by atoms with Crippen LogP contribution in [0, 0.1) is 5.41 Å². The molecule has 0 radical (unpaired) electrons. The summed E-state index contributed by atoms with van der Waals surface area (Å²) in [6.07, 6.45) is -0.132. The summed E-state index contributed by atoms with van der Waals surface area (Å²) in [4.78, 5) is 32.5. The average Bonchev–Trinajstić information content (AvgIpc) is 2.76. The van der Waals surface area contributed by atoms with Gasteiger partial charge in [-0.15, -0.1) is 0 Å². The zero-order valence-electron chi connectivity index (χ0n) is 18.3. The number of amides is 2. The molecule has 1 aliphatic heterocycles. The van der Waals surface area contributed by atoms with Gasteiger partial charge >= 0.3 is 6.09 Å². The number of primary amides is 1. The number of pyridine rings is 1. The Labute approximate surface area is 182 Å². The normalized spacial score (nSPS) is 15.3. The minimum absolute atomic E-state index is 0.219. The van der Waals surface area contributed by atoms with Crippen LogP contribution in [0.15, 0.2) is 48.7 Å². The first kappa shape index (κ1) is 22.4. The summed E-state index contributed by atoms with van der Waals surface area (Å²) in [6, 6.07) is 13.8. The van der Waals surface area contributed by atoms with Gasteiger partial charge in [0, 0.05) is 31.6 Å². The number of carbonyl (C=O) groups excluding carboxylic acids is 2. The van der Waals surface area contributed by atoms with Gasteiger partial charge in [0.2, 0.25) is 0 Å². The second-order valence-electron chi connectivity index (χ2n) is 8.62. The highest BCUT2D eigenvalue weighted by atomic mass is 16.6. The molecule has 1 saturated heterocycles. The van der Waals surface area contributed by atoms with Crippen molar-refractivity contribution in [3.8, 4) is 5.75 Å². The topological polar surface area (TPSA) is 98.0 Å². The van der Waals surface area contributed by atoms with Gasteiger partial charge in [0.15, 0.2) is 6.10 Å². The van der Waals surface area contributed by atoms with E-state index in [0.717, 1.165) is 11.4 Å². The lowest BCUT2D eigenvalue weighted by Crippen LogP contribution is -2.55. The van der Waals surface area contributed by atoms with Crippen LogP contribution in [0.25, 0.3) is 0 Å². The zero-order valence-corrected chi connectivity index (χ0v) is 18.3. The number of anilines is 1. The van der Waals surface area contributed by atoms with Gasteiger partial charge in [0.1, 0.15) is 18.2 Å². The minimum Gasteiger partial charge on any atom is -0.487 e. The van der Waals surface area contributed by atoms with Crippen LogP contribution in [0.2, 0.25) is 0 Å². The molecular formula is C23H30N4O4. The van der Waals surface area contributed by atoms with Crippen LogP contribution in [0.3, 0.4) is 0 Å². The van der Waals surface area contributed by atoms with E-state index in [4.69, 9.17) is 15.2 Å². The van der Waals surface area contributed by atoms with Crippen molar-refractivity contribution in [3.05, 3.63) is 54.2 Å². The second-order valence-corrected chi connectivity index (χ2v) is 8.62. The Morgan fingerprint density at radius 3 is 2.29 bits per heavy atom. The van der Waals surface area contributed by atoms with Crippen LogP contribution in [-0.2, 0) is 16.1 Å². The number of piperazine rings is 1. The second kappa shape index (κ2) is 9.68. The van der Waals surface area contributed by atoms with Crippen molar-refractivity contribution in [1.29, 1.82) is 0 Å². The van der Waals surface area contributed by atoms with Crippen LogP contribution in [0.5, 0.6) is 5.75 Å². The van der Waals surface area contributed by atoms with Crippen molar-refractivity contribution < 1.29 is 19.1 Å². The van der Waals surface area contributed by atoms with E-state index < -0.39 is 17.6 Å². The summed E-state index contributed by atoms with van der Waals surface area (Å²) < 4.78 is 10.9. The largest absolute Gasteiger partial charge is 0.487 e. The predicted octanol–water partition coefficient (Wildman–Crippen LogP) is 2.82. The number of nitrogens with two attached hydrogens (primary N) is 1. The summed E-state index contributed by atoms with van der Waals surface area (Å²) in [5.41, 5.74) is 5.72. The SMILES string of the molecule is CC(C)(C)C(OC(N)=O)C(=O)N1CCN(c2ccc(OCc3ccccc3)cn2)CC1. The maximum absolute atomic E-state index is 12.9. The fourth-order valence-electron chi connectivity index (χ4n) is 3.42. The highest BCUT2D eigenvalue weighted by Gasteiger charge is 2.38. The summed E-state index contributed by atoms with van der Waals surface area (Å²) in [5.74, 6) is 1.32. The number of rotatable bonds is 6. The van der Waals surface area contributed by atoms with Gasteiger partial charge in [-0.05, 0) is 17.7 Å². The number of benzene rings is 1. The van der Waals surface area contributed by atoms with E-state index in [9.17, 15) is 9.59 Å². The molecule has 1 unspecified atom stereocenters. The van der Waals surface area contributed by atoms with Gasteiger partial charge in [-0.3, -0.25) is 4.79 Å². The van der Waals surface area contributed by atoms with Crippen molar-refractivity contribution in [2.24, 2.45) is 11.1 Å². The molecule has 1 fully saturated rings. The number of nitrogens with zero attached hydrogens (tertiary/aromatic N) is 3. The van der Waals surface area contributed by atoms with Gasteiger partial charge < -0.3 is 25.0 Å². The van der Waals surface area contributed by atoms with E-state index in [1.54, 1.807) is 11.1 Å². The smallest absolute Gasteiger partial charge is 0.405 e. The fourth-order valence-corrected chi connectivity index (χ4v) is 3.42. The molecule has 2 N–H and O–H groups in total. The molecule has 2 heterocycles. The van der Waals surface area contributed by atoms with Gasteiger partial charge in [0.05, 0.1) is 6.20 Å². The Hall–Kier alpha value is -3.29. The van der Waals surface area contributed by atoms with Gasteiger partial charge in [-0.1, -0.05) is 51.1 Å². The molecule has 8 nitrogen and oxygen atoms in total. The third kappa shape index (κ3) is 6.10. The number of hydrogen-bond acceptors (Lipinski definition) is 6. The quantitative estimate of drug-likeness (QED) is 0.763. The number of aromatic nitrogens is 1. The van der Waals surface area contributed by atoms with Crippen LogP contribution in [-0.4, -0.2) is 54.2 Å². The number of hydrogen-bond donors (Lipinski definition) is 1. The van der Waals surface area contributed by atoms with Gasteiger partial charge in [-0.25, -0.2) is 9.78 Å². The Kier molecular flexibility index (Phi) is 6.99. The summed E-state index contributed by atoms with van der Waals surface area (Å²) in [6.45, 7) is 8.33. The van der Waals surface area contributed by atoms with Crippen LogP contribution >= 0.6 is 0 Å². The molecule has 2 amide bonds. The highest BCUT2D eigenvalue weighted by Crippen LogP contribution is 2.25. The Balaban J connectivity index is 1.54. The third-order valence-corrected chi connectivity index (χ3v) is 5.13. The van der Waals surface area contributed by atoms with E-state index in [2.05, 4.69) is 9.88 Å². The molecule has 1 aliphatic rings. The molecule has 3 rings (SSSR count). The Morgan fingerprint density at radius 2 is 1.74 bits per heavy atom. The maximum Gasteiger partial charge on any atom is 0.405 e. The van der Waals surface area contributed by atoms with Crippen LogP contribution in [0.1, 0.15) is 26.3 Å². The van der Waals surface area contributed by atoms with Gasteiger partial charge in [0.25, 0.3) is 5.91 Å². The Bertz CT molecular complexity index is 873. The zero-order chi connectivity index (χ0) is 22.4. The molecule has 0 bridgehead atoms. The third-order valence-electron chi connectivity index (χ3n) is 5.13. The van der Waals surface area contributed by atoms with E-state index in [1.807, 2.05) is 63.2 Å². The molecule has 1 aromatic heterocycles. The fraction of sp³-hybridized carbons (Fsp3) is 0.435. The molecule has 1 aromatic carbocycles. The average molecular weight is 427 g/mol. The molecule has 0 spiro atoms. The first-order chi connectivity index (χ1) is 14.7. The van der Waals surface area contributed by atoms with Crippen LogP contribution < -0.4 is 15.4 Å².